The first kappa shape index (κ1) is 16.1. The summed E-state index contributed by atoms with van der Waals surface area (Å²) in [4.78, 5) is 23.0. The molecule has 0 atom stereocenters. The number of esters is 1. The van der Waals surface area contributed by atoms with E-state index in [4.69, 9.17) is 38.9 Å². The molecular formula is C12H11Cl2N3O3. The minimum absolute atomic E-state index is 0.00711. The van der Waals surface area contributed by atoms with E-state index in [1.807, 2.05) is 6.07 Å². The SMILES string of the molecule is N#CCCNC(=O)COC(=O)c1cc(Cl)cc(Cl)c1N. The van der Waals surface area contributed by atoms with Gasteiger partial charge in [-0.2, -0.15) is 5.26 Å². The van der Waals surface area contributed by atoms with E-state index in [-0.39, 0.29) is 34.3 Å². The van der Waals surface area contributed by atoms with Gasteiger partial charge in [0.25, 0.3) is 5.91 Å². The van der Waals surface area contributed by atoms with Crippen molar-refractivity contribution in [1.29, 1.82) is 5.26 Å². The summed E-state index contributed by atoms with van der Waals surface area (Å²) in [6.45, 7) is -0.286. The Morgan fingerprint density at radius 2 is 2.10 bits per heavy atom. The van der Waals surface area contributed by atoms with Crippen LogP contribution in [0.2, 0.25) is 10.0 Å². The molecule has 0 bridgehead atoms. The number of nitrogens with zero attached hydrogens (tertiary/aromatic N) is 1. The molecule has 0 aliphatic rings. The number of nitriles is 1. The second-order valence-electron chi connectivity index (χ2n) is 3.68. The minimum Gasteiger partial charge on any atom is -0.452 e. The maximum atomic E-state index is 11.8. The summed E-state index contributed by atoms with van der Waals surface area (Å²) in [7, 11) is 0. The maximum absolute atomic E-state index is 11.8. The van der Waals surface area contributed by atoms with E-state index in [9.17, 15) is 9.59 Å². The molecular weight excluding hydrogens is 305 g/mol. The van der Waals surface area contributed by atoms with Crippen LogP contribution in [0.5, 0.6) is 0 Å². The van der Waals surface area contributed by atoms with Gasteiger partial charge < -0.3 is 15.8 Å². The maximum Gasteiger partial charge on any atom is 0.340 e. The van der Waals surface area contributed by atoms with Crippen LogP contribution in [-0.4, -0.2) is 25.0 Å². The highest BCUT2D eigenvalue weighted by Gasteiger charge is 2.16. The highest BCUT2D eigenvalue weighted by molar-refractivity contribution is 6.37. The van der Waals surface area contributed by atoms with Gasteiger partial charge in [-0.25, -0.2) is 4.79 Å². The Labute approximate surface area is 125 Å². The number of rotatable bonds is 5. The predicted molar refractivity (Wildman–Crippen MR) is 74.4 cm³/mol. The fourth-order valence-electron chi connectivity index (χ4n) is 1.27. The van der Waals surface area contributed by atoms with Gasteiger partial charge in [0, 0.05) is 11.6 Å². The number of nitrogens with two attached hydrogens (primary N) is 1. The highest BCUT2D eigenvalue weighted by atomic mass is 35.5. The topological polar surface area (TPSA) is 105 Å². The molecule has 0 aliphatic carbocycles. The Morgan fingerprint density at radius 1 is 1.40 bits per heavy atom. The molecule has 0 saturated carbocycles. The van der Waals surface area contributed by atoms with Crippen LogP contribution < -0.4 is 11.1 Å². The number of nitrogens with one attached hydrogen (secondary N) is 1. The number of anilines is 1. The standard InChI is InChI=1S/C12H11Cl2N3O3/c13-7-4-8(11(16)9(14)5-7)12(19)20-6-10(18)17-3-1-2-15/h4-5H,1,3,6,16H2,(H,17,18). The number of nitrogen functional groups attached to an aromatic ring is 1. The van der Waals surface area contributed by atoms with E-state index >= 15 is 0 Å². The lowest BCUT2D eigenvalue weighted by molar-refractivity contribution is -0.124. The quantitative estimate of drug-likeness (QED) is 0.489. The summed E-state index contributed by atoms with van der Waals surface area (Å²) in [6.07, 6.45) is 0.177. The lowest BCUT2D eigenvalue weighted by atomic mass is 10.2. The Balaban J connectivity index is 2.60. The van der Waals surface area contributed by atoms with Crippen LogP contribution in [0.15, 0.2) is 12.1 Å². The number of ether oxygens (including phenoxy) is 1. The molecule has 0 spiro atoms. The molecule has 0 aliphatic heterocycles. The summed E-state index contributed by atoms with van der Waals surface area (Å²) >= 11 is 11.5. The zero-order valence-corrected chi connectivity index (χ0v) is 11.8. The molecule has 8 heteroatoms. The van der Waals surface area contributed by atoms with E-state index in [1.54, 1.807) is 0 Å². The van der Waals surface area contributed by atoms with Crippen molar-refractivity contribution in [3.05, 3.63) is 27.7 Å². The van der Waals surface area contributed by atoms with Crippen molar-refractivity contribution >= 4 is 40.8 Å². The fraction of sp³-hybridized carbons (Fsp3) is 0.250. The van der Waals surface area contributed by atoms with Gasteiger partial charge in [-0.15, -0.1) is 0 Å². The van der Waals surface area contributed by atoms with Crippen LogP contribution in [0.1, 0.15) is 16.8 Å². The number of carbonyl (C=O) groups excluding carboxylic acids is 2. The second-order valence-corrected chi connectivity index (χ2v) is 4.53. The van der Waals surface area contributed by atoms with E-state index < -0.39 is 18.5 Å². The Morgan fingerprint density at radius 3 is 2.75 bits per heavy atom. The molecule has 0 heterocycles. The average Bonchev–Trinajstić information content (AvgIpc) is 2.40. The summed E-state index contributed by atoms with van der Waals surface area (Å²) in [6, 6.07) is 4.56. The van der Waals surface area contributed by atoms with Crippen LogP contribution in [-0.2, 0) is 9.53 Å². The van der Waals surface area contributed by atoms with Gasteiger partial charge >= 0.3 is 5.97 Å². The van der Waals surface area contributed by atoms with E-state index in [1.165, 1.54) is 12.1 Å². The molecule has 1 rings (SSSR count). The summed E-state index contributed by atoms with van der Waals surface area (Å²) < 4.78 is 4.78. The van der Waals surface area contributed by atoms with Gasteiger partial charge in [-0.3, -0.25) is 4.79 Å². The fourth-order valence-corrected chi connectivity index (χ4v) is 1.76. The molecule has 0 saturated heterocycles. The molecule has 20 heavy (non-hydrogen) atoms. The summed E-state index contributed by atoms with van der Waals surface area (Å²) in [5, 5.41) is 11.1. The van der Waals surface area contributed by atoms with Crippen molar-refractivity contribution in [2.75, 3.05) is 18.9 Å². The molecule has 1 aromatic carbocycles. The van der Waals surface area contributed by atoms with Gasteiger partial charge in [0.15, 0.2) is 6.61 Å². The van der Waals surface area contributed by atoms with Crippen molar-refractivity contribution in [2.45, 2.75) is 6.42 Å². The third kappa shape index (κ3) is 4.61. The van der Waals surface area contributed by atoms with Crippen LogP contribution in [0.25, 0.3) is 0 Å². The van der Waals surface area contributed by atoms with Crippen LogP contribution in [0, 0.1) is 11.3 Å². The number of hydrogen-bond acceptors (Lipinski definition) is 5. The molecule has 106 valence electrons. The second kappa shape index (κ2) is 7.58. The van der Waals surface area contributed by atoms with Gasteiger partial charge in [-0.1, -0.05) is 23.2 Å². The lowest BCUT2D eigenvalue weighted by Crippen LogP contribution is -2.29. The largest absolute Gasteiger partial charge is 0.452 e. The van der Waals surface area contributed by atoms with Crippen molar-refractivity contribution in [3.63, 3.8) is 0 Å². The average molecular weight is 316 g/mol. The summed E-state index contributed by atoms with van der Waals surface area (Å²) in [5.74, 6) is -1.32. The summed E-state index contributed by atoms with van der Waals surface area (Å²) in [5.41, 5.74) is 5.66. The number of carbonyl (C=O) groups is 2. The van der Waals surface area contributed by atoms with Crippen LogP contribution in [0.3, 0.4) is 0 Å². The number of halogens is 2. The third-order valence-electron chi connectivity index (χ3n) is 2.21. The Kier molecular flexibility index (Phi) is 6.10. The van der Waals surface area contributed by atoms with Crippen LogP contribution in [0.4, 0.5) is 5.69 Å². The van der Waals surface area contributed by atoms with Crippen molar-refractivity contribution in [3.8, 4) is 6.07 Å². The van der Waals surface area contributed by atoms with Gasteiger partial charge in [0.05, 0.1) is 28.8 Å². The first-order chi connectivity index (χ1) is 9.45. The predicted octanol–water partition coefficient (Wildman–Crippen LogP) is 1.76. The molecule has 1 aromatic rings. The van der Waals surface area contributed by atoms with Gasteiger partial charge in [0.2, 0.25) is 0 Å². The highest BCUT2D eigenvalue weighted by Crippen LogP contribution is 2.27. The van der Waals surface area contributed by atoms with E-state index in [0.29, 0.717) is 0 Å². The zero-order chi connectivity index (χ0) is 15.1. The number of benzene rings is 1. The minimum atomic E-state index is -0.803. The Bertz CT molecular complexity index is 570. The van der Waals surface area contributed by atoms with E-state index in [0.717, 1.165) is 0 Å². The third-order valence-corrected chi connectivity index (χ3v) is 2.74. The lowest BCUT2D eigenvalue weighted by Gasteiger charge is -2.08. The van der Waals surface area contributed by atoms with Gasteiger partial charge in [0.1, 0.15) is 0 Å². The van der Waals surface area contributed by atoms with E-state index in [2.05, 4.69) is 5.32 Å². The smallest absolute Gasteiger partial charge is 0.340 e. The molecule has 3 N–H and O–H groups in total. The van der Waals surface area contributed by atoms with Crippen LogP contribution >= 0.6 is 23.2 Å². The normalized spacial score (nSPS) is 9.65. The Hall–Kier alpha value is -1.97. The monoisotopic (exact) mass is 315 g/mol. The number of amides is 1. The molecule has 6 nitrogen and oxygen atoms in total. The molecule has 0 radical (unpaired) electrons. The zero-order valence-electron chi connectivity index (χ0n) is 10.3. The molecule has 1 amide bonds. The van der Waals surface area contributed by atoms with Gasteiger partial charge in [-0.05, 0) is 12.1 Å². The first-order valence-corrected chi connectivity index (χ1v) is 6.26. The van der Waals surface area contributed by atoms with Crippen molar-refractivity contribution in [2.24, 2.45) is 0 Å². The first-order valence-electron chi connectivity index (χ1n) is 5.51. The molecule has 0 unspecified atom stereocenters. The molecule has 0 aromatic heterocycles. The van der Waals surface area contributed by atoms with Crippen molar-refractivity contribution in [1.82, 2.24) is 5.32 Å². The van der Waals surface area contributed by atoms with Crippen molar-refractivity contribution < 1.29 is 14.3 Å². The number of hydrogen-bond donors (Lipinski definition) is 2. The molecule has 0 fully saturated rings.